The molecule has 0 unspecified atom stereocenters. The smallest absolute Gasteiger partial charge is 0.305 e. The van der Waals surface area contributed by atoms with Crippen molar-refractivity contribution in [3.8, 4) is 0 Å². The fourth-order valence-corrected chi connectivity index (χ4v) is 2.46. The zero-order valence-electron chi connectivity index (χ0n) is 15.1. The number of carbonyl (C=O) groups excluding carboxylic acids is 1. The van der Waals surface area contributed by atoms with Gasteiger partial charge in [-0.1, -0.05) is 59.7 Å². The molecular weight excluding hydrogens is 316 g/mol. The number of carboxylic acid groups (broad SMARTS) is 1. The Morgan fingerprint density at radius 2 is 1.44 bits per heavy atom. The SMILES string of the molecule is COC(=O)CCc1cc(C)cc(C)c1.O=C(O)CCc1ccccc1. The maximum absolute atomic E-state index is 10.9. The fourth-order valence-electron chi connectivity index (χ4n) is 2.46. The van der Waals surface area contributed by atoms with Gasteiger partial charge < -0.3 is 9.84 Å². The van der Waals surface area contributed by atoms with E-state index in [0.29, 0.717) is 12.8 Å². The van der Waals surface area contributed by atoms with Crippen LogP contribution in [0.15, 0.2) is 48.5 Å². The van der Waals surface area contributed by atoms with Crippen LogP contribution in [-0.2, 0) is 27.2 Å². The lowest BCUT2D eigenvalue weighted by atomic mass is 10.0. The van der Waals surface area contributed by atoms with E-state index in [2.05, 4.69) is 36.8 Å². The number of aliphatic carboxylic acids is 1. The van der Waals surface area contributed by atoms with Crippen LogP contribution in [0.4, 0.5) is 0 Å². The second-order valence-corrected chi connectivity index (χ2v) is 5.95. The highest BCUT2D eigenvalue weighted by molar-refractivity contribution is 5.69. The maximum atomic E-state index is 10.9. The summed E-state index contributed by atoms with van der Waals surface area (Å²) in [5, 5.41) is 8.37. The lowest BCUT2D eigenvalue weighted by Crippen LogP contribution is -2.02. The van der Waals surface area contributed by atoms with Gasteiger partial charge in [-0.05, 0) is 37.8 Å². The van der Waals surface area contributed by atoms with Gasteiger partial charge in [-0.15, -0.1) is 0 Å². The summed E-state index contributed by atoms with van der Waals surface area (Å²) < 4.78 is 4.59. The molecule has 2 aromatic carbocycles. The number of hydrogen-bond acceptors (Lipinski definition) is 3. The van der Waals surface area contributed by atoms with E-state index in [4.69, 9.17) is 5.11 Å². The average molecular weight is 342 g/mol. The Labute approximate surface area is 149 Å². The van der Waals surface area contributed by atoms with Crippen LogP contribution in [-0.4, -0.2) is 24.2 Å². The monoisotopic (exact) mass is 342 g/mol. The Morgan fingerprint density at radius 3 is 1.96 bits per heavy atom. The van der Waals surface area contributed by atoms with Gasteiger partial charge in [-0.2, -0.15) is 0 Å². The predicted octanol–water partition coefficient (Wildman–Crippen LogP) is 4.11. The Kier molecular flexibility index (Phi) is 9.01. The first kappa shape index (κ1) is 20.4. The third-order valence-corrected chi connectivity index (χ3v) is 3.60. The van der Waals surface area contributed by atoms with Gasteiger partial charge in [-0.25, -0.2) is 0 Å². The van der Waals surface area contributed by atoms with Crippen molar-refractivity contribution in [3.63, 3.8) is 0 Å². The number of esters is 1. The summed E-state index contributed by atoms with van der Waals surface area (Å²) in [6.07, 6.45) is 2.05. The Hall–Kier alpha value is -2.62. The molecule has 0 amide bonds. The molecule has 0 aromatic heterocycles. The summed E-state index contributed by atoms with van der Waals surface area (Å²) in [5.74, 6) is -0.891. The molecule has 134 valence electrons. The van der Waals surface area contributed by atoms with Gasteiger partial charge in [0.05, 0.1) is 7.11 Å². The van der Waals surface area contributed by atoms with E-state index in [-0.39, 0.29) is 12.4 Å². The van der Waals surface area contributed by atoms with E-state index < -0.39 is 5.97 Å². The van der Waals surface area contributed by atoms with Crippen molar-refractivity contribution < 1.29 is 19.4 Å². The predicted molar refractivity (Wildman–Crippen MR) is 98.7 cm³/mol. The Morgan fingerprint density at radius 1 is 0.880 bits per heavy atom. The molecule has 2 rings (SSSR count). The molecule has 0 heterocycles. The molecule has 0 fully saturated rings. The molecule has 0 aliphatic heterocycles. The van der Waals surface area contributed by atoms with Crippen LogP contribution >= 0.6 is 0 Å². The molecule has 4 heteroatoms. The standard InChI is InChI=1S/C12H16O2.C9H10O2/c1-9-6-10(2)8-11(7-9)4-5-12(13)14-3;10-9(11)7-6-8-4-2-1-3-5-8/h6-8H,4-5H2,1-3H3;1-5H,6-7H2,(H,10,11). The molecule has 1 N–H and O–H groups in total. The molecule has 2 aromatic rings. The second-order valence-electron chi connectivity index (χ2n) is 5.95. The highest BCUT2D eigenvalue weighted by Crippen LogP contribution is 2.10. The van der Waals surface area contributed by atoms with Gasteiger partial charge in [0.25, 0.3) is 0 Å². The van der Waals surface area contributed by atoms with Crippen molar-refractivity contribution in [3.05, 3.63) is 70.8 Å². The molecule has 0 saturated carbocycles. The summed E-state index contributed by atoms with van der Waals surface area (Å²) in [6, 6.07) is 16.0. The topological polar surface area (TPSA) is 63.6 Å². The number of methoxy groups -OCH3 is 1. The number of ether oxygens (including phenoxy) is 1. The first-order valence-corrected chi connectivity index (χ1v) is 8.30. The lowest BCUT2D eigenvalue weighted by Gasteiger charge is -2.03. The first-order valence-electron chi connectivity index (χ1n) is 8.30. The molecule has 0 aliphatic carbocycles. The van der Waals surface area contributed by atoms with E-state index >= 15 is 0 Å². The maximum Gasteiger partial charge on any atom is 0.305 e. The summed E-state index contributed by atoms with van der Waals surface area (Å²) in [6.45, 7) is 4.13. The van der Waals surface area contributed by atoms with Crippen LogP contribution in [0.2, 0.25) is 0 Å². The van der Waals surface area contributed by atoms with Gasteiger partial charge in [0.1, 0.15) is 0 Å². The quantitative estimate of drug-likeness (QED) is 0.802. The van der Waals surface area contributed by atoms with Crippen molar-refractivity contribution in [2.24, 2.45) is 0 Å². The van der Waals surface area contributed by atoms with E-state index in [1.807, 2.05) is 30.3 Å². The lowest BCUT2D eigenvalue weighted by molar-refractivity contribution is -0.140. The minimum Gasteiger partial charge on any atom is -0.481 e. The van der Waals surface area contributed by atoms with E-state index in [1.54, 1.807) is 0 Å². The third-order valence-electron chi connectivity index (χ3n) is 3.60. The highest BCUT2D eigenvalue weighted by atomic mass is 16.5. The van der Waals surface area contributed by atoms with Crippen LogP contribution in [0.5, 0.6) is 0 Å². The molecule has 25 heavy (non-hydrogen) atoms. The molecule has 0 spiro atoms. The molecule has 4 nitrogen and oxygen atoms in total. The minimum atomic E-state index is -0.742. The zero-order valence-corrected chi connectivity index (χ0v) is 15.1. The van der Waals surface area contributed by atoms with Crippen molar-refractivity contribution >= 4 is 11.9 Å². The number of rotatable bonds is 6. The first-order chi connectivity index (χ1) is 11.9. The molecular formula is C21H26O4. The van der Waals surface area contributed by atoms with E-state index in [0.717, 1.165) is 12.0 Å². The summed E-state index contributed by atoms with van der Waals surface area (Å²) >= 11 is 0. The molecule has 0 aliphatic rings. The van der Waals surface area contributed by atoms with Gasteiger partial charge in [0.2, 0.25) is 0 Å². The number of carboxylic acids is 1. The highest BCUT2D eigenvalue weighted by Gasteiger charge is 2.02. The van der Waals surface area contributed by atoms with Crippen LogP contribution in [0, 0.1) is 13.8 Å². The summed E-state index contributed by atoms with van der Waals surface area (Å²) in [5.41, 5.74) is 4.76. The van der Waals surface area contributed by atoms with Crippen LogP contribution in [0.1, 0.15) is 35.1 Å². The van der Waals surface area contributed by atoms with Gasteiger partial charge in [0, 0.05) is 12.8 Å². The van der Waals surface area contributed by atoms with E-state index in [9.17, 15) is 9.59 Å². The third kappa shape index (κ3) is 9.30. The minimum absolute atomic E-state index is 0.149. The molecule has 0 atom stereocenters. The molecule has 0 radical (unpaired) electrons. The van der Waals surface area contributed by atoms with Gasteiger partial charge in [-0.3, -0.25) is 9.59 Å². The zero-order chi connectivity index (χ0) is 18.7. The number of hydrogen-bond donors (Lipinski definition) is 1. The van der Waals surface area contributed by atoms with Crippen molar-refractivity contribution in [2.45, 2.75) is 39.5 Å². The molecule has 0 saturated heterocycles. The summed E-state index contributed by atoms with van der Waals surface area (Å²) in [4.78, 5) is 21.1. The van der Waals surface area contributed by atoms with Crippen LogP contribution in [0.25, 0.3) is 0 Å². The van der Waals surface area contributed by atoms with Crippen LogP contribution < -0.4 is 0 Å². The normalized spacial score (nSPS) is 9.72. The van der Waals surface area contributed by atoms with Crippen molar-refractivity contribution in [1.29, 1.82) is 0 Å². The number of carbonyl (C=O) groups is 2. The van der Waals surface area contributed by atoms with Gasteiger partial charge in [0.15, 0.2) is 0 Å². The van der Waals surface area contributed by atoms with Gasteiger partial charge >= 0.3 is 11.9 Å². The number of benzene rings is 2. The van der Waals surface area contributed by atoms with Crippen LogP contribution in [0.3, 0.4) is 0 Å². The largest absolute Gasteiger partial charge is 0.481 e. The summed E-state index contributed by atoms with van der Waals surface area (Å²) in [7, 11) is 1.42. The molecule has 0 bridgehead atoms. The average Bonchev–Trinajstić information content (AvgIpc) is 2.58. The van der Waals surface area contributed by atoms with E-state index in [1.165, 1.54) is 23.8 Å². The Bertz CT molecular complexity index is 657. The van der Waals surface area contributed by atoms with Crippen molar-refractivity contribution in [2.75, 3.05) is 7.11 Å². The Balaban J connectivity index is 0.000000257. The second kappa shape index (κ2) is 11.0. The number of aryl methyl sites for hydroxylation is 4. The van der Waals surface area contributed by atoms with Crippen molar-refractivity contribution in [1.82, 2.24) is 0 Å². The fraction of sp³-hybridized carbons (Fsp3) is 0.333.